The van der Waals surface area contributed by atoms with Crippen LogP contribution in [0.5, 0.6) is 0 Å². The zero-order valence-electron chi connectivity index (χ0n) is 11.6. The Kier molecular flexibility index (Phi) is 3.96. The van der Waals surface area contributed by atoms with Gasteiger partial charge in [-0.15, -0.1) is 11.3 Å². The number of aliphatic hydroxyl groups is 1. The first-order valence-electron chi connectivity index (χ1n) is 6.25. The summed E-state index contributed by atoms with van der Waals surface area (Å²) in [6, 6.07) is 2.84. The Morgan fingerprint density at radius 2 is 2.20 bits per heavy atom. The first kappa shape index (κ1) is 14.7. The molecular weight excluding hydrogens is 278 g/mol. The van der Waals surface area contributed by atoms with E-state index in [0.717, 1.165) is 4.90 Å². The number of rotatable bonds is 2. The Hall–Kier alpha value is -1.66. The lowest BCUT2D eigenvalue weighted by Gasteiger charge is -2.29. The van der Waals surface area contributed by atoms with Crippen LogP contribution in [0.3, 0.4) is 0 Å². The maximum Gasteiger partial charge on any atom is 0.417 e. The molecule has 1 aromatic heterocycles. The van der Waals surface area contributed by atoms with Gasteiger partial charge in [0.1, 0.15) is 11.7 Å². The summed E-state index contributed by atoms with van der Waals surface area (Å²) in [6.07, 6.45) is 1.13. The van der Waals surface area contributed by atoms with Crippen molar-refractivity contribution in [3.05, 3.63) is 34.5 Å². The number of imide groups is 1. The van der Waals surface area contributed by atoms with Gasteiger partial charge in [-0.3, -0.25) is 4.79 Å². The fourth-order valence-electron chi connectivity index (χ4n) is 1.89. The quantitative estimate of drug-likeness (QED) is 0.910. The lowest BCUT2D eigenvalue weighted by molar-refractivity contribution is -0.126. The van der Waals surface area contributed by atoms with Gasteiger partial charge in [-0.2, -0.15) is 0 Å². The number of carbonyl (C=O) groups excluding carboxylic acids is 2. The van der Waals surface area contributed by atoms with Crippen molar-refractivity contribution in [2.45, 2.75) is 38.5 Å². The van der Waals surface area contributed by atoms with Gasteiger partial charge >= 0.3 is 6.09 Å². The van der Waals surface area contributed by atoms with Crippen molar-refractivity contribution in [3.8, 4) is 0 Å². The van der Waals surface area contributed by atoms with E-state index in [1.165, 1.54) is 23.5 Å². The highest BCUT2D eigenvalue weighted by Gasteiger charge is 2.39. The summed E-state index contributed by atoms with van der Waals surface area (Å²) in [5.74, 6) is -0.472. The molecular formula is C14H17NO4S. The molecule has 1 N–H and O–H groups in total. The fraction of sp³-hybridized carbons (Fsp3) is 0.429. The van der Waals surface area contributed by atoms with Crippen LogP contribution in [0.4, 0.5) is 4.79 Å². The van der Waals surface area contributed by atoms with Crippen LogP contribution < -0.4 is 0 Å². The summed E-state index contributed by atoms with van der Waals surface area (Å²) in [5, 5.41) is 12.1. The third-order valence-corrected chi connectivity index (χ3v) is 3.66. The number of carbonyl (C=O) groups is 2. The lowest BCUT2D eigenvalue weighted by atomic mass is 10.1. The number of aliphatic hydroxyl groups excluding tert-OH is 1. The van der Waals surface area contributed by atoms with Gasteiger partial charge in [0.2, 0.25) is 0 Å². The topological polar surface area (TPSA) is 66.8 Å². The third kappa shape index (κ3) is 3.08. The summed E-state index contributed by atoms with van der Waals surface area (Å²) >= 11 is 1.37. The van der Waals surface area contributed by atoms with E-state index in [2.05, 4.69) is 0 Å². The number of hydrogen-bond donors (Lipinski definition) is 1. The highest BCUT2D eigenvalue weighted by molar-refractivity contribution is 7.10. The maximum atomic E-state index is 12.1. The Balaban J connectivity index is 2.18. The molecule has 1 aromatic rings. The second-order valence-corrected chi connectivity index (χ2v) is 6.48. The van der Waals surface area contributed by atoms with Crippen molar-refractivity contribution in [3.63, 3.8) is 0 Å². The molecule has 2 amide bonds. The molecule has 2 rings (SSSR count). The third-order valence-electron chi connectivity index (χ3n) is 2.72. The molecule has 1 aliphatic rings. The molecule has 0 aromatic carbocycles. The van der Waals surface area contributed by atoms with E-state index in [1.54, 1.807) is 26.8 Å². The highest BCUT2D eigenvalue weighted by Crippen LogP contribution is 2.29. The van der Waals surface area contributed by atoms with Gasteiger partial charge in [0.05, 0.1) is 6.04 Å². The van der Waals surface area contributed by atoms with Crippen LogP contribution >= 0.6 is 11.3 Å². The molecule has 6 heteroatoms. The predicted molar refractivity (Wildman–Crippen MR) is 75.3 cm³/mol. The average Bonchev–Trinajstić information content (AvgIpc) is 2.94. The predicted octanol–water partition coefficient (Wildman–Crippen LogP) is 2.48. The number of ether oxygens (including phenoxy) is 1. The maximum absolute atomic E-state index is 12.1. The van der Waals surface area contributed by atoms with Crippen molar-refractivity contribution in [2.75, 3.05) is 0 Å². The van der Waals surface area contributed by atoms with Crippen molar-refractivity contribution in [2.24, 2.45) is 0 Å². The molecule has 2 heterocycles. The molecule has 0 unspecified atom stereocenters. The number of hydrogen-bond acceptors (Lipinski definition) is 5. The van der Waals surface area contributed by atoms with Gasteiger partial charge < -0.3 is 9.84 Å². The number of nitrogens with zero attached hydrogens (tertiary/aromatic N) is 1. The van der Waals surface area contributed by atoms with Gasteiger partial charge in [-0.25, -0.2) is 9.69 Å². The van der Waals surface area contributed by atoms with Crippen molar-refractivity contribution >= 4 is 23.3 Å². The molecule has 0 aliphatic carbocycles. The highest BCUT2D eigenvalue weighted by atomic mass is 32.1. The van der Waals surface area contributed by atoms with Crippen molar-refractivity contribution < 1.29 is 19.4 Å². The first-order valence-corrected chi connectivity index (χ1v) is 7.13. The minimum absolute atomic E-state index is 0.472. The summed E-state index contributed by atoms with van der Waals surface area (Å²) in [6.45, 7) is 5.18. The Morgan fingerprint density at radius 3 is 2.75 bits per heavy atom. The van der Waals surface area contributed by atoms with E-state index < -0.39 is 29.7 Å². The standard InChI is InChI=1S/C14H17NO4S/c1-14(2,3)19-13(18)15-9(6-7-11(15)16)12(17)10-5-4-8-20-10/h4-9,12,17H,1-3H3/t9-,12+/m0/s1. The monoisotopic (exact) mass is 295 g/mol. The van der Waals surface area contributed by atoms with Gasteiger partial charge in [-0.05, 0) is 32.2 Å². The van der Waals surface area contributed by atoms with Crippen LogP contribution in [0.1, 0.15) is 31.8 Å². The molecule has 2 atom stereocenters. The summed E-state index contributed by atoms with van der Waals surface area (Å²) in [5.41, 5.74) is -0.696. The lowest BCUT2D eigenvalue weighted by Crippen LogP contribution is -2.45. The van der Waals surface area contributed by atoms with Crippen LogP contribution in [0.15, 0.2) is 29.7 Å². The van der Waals surface area contributed by atoms with E-state index in [4.69, 9.17) is 4.74 Å². The number of amides is 2. The van der Waals surface area contributed by atoms with E-state index in [1.807, 2.05) is 11.4 Å². The van der Waals surface area contributed by atoms with Crippen LogP contribution in [-0.2, 0) is 9.53 Å². The van der Waals surface area contributed by atoms with Crippen LogP contribution in [0.2, 0.25) is 0 Å². The molecule has 0 radical (unpaired) electrons. The van der Waals surface area contributed by atoms with Crippen molar-refractivity contribution in [1.82, 2.24) is 4.90 Å². The van der Waals surface area contributed by atoms with Gasteiger partial charge in [0.15, 0.2) is 0 Å². The Bertz CT molecular complexity index is 530. The zero-order valence-corrected chi connectivity index (χ0v) is 12.4. The van der Waals surface area contributed by atoms with E-state index >= 15 is 0 Å². The van der Waals surface area contributed by atoms with E-state index in [0.29, 0.717) is 4.88 Å². The Morgan fingerprint density at radius 1 is 1.50 bits per heavy atom. The summed E-state index contributed by atoms with van der Waals surface area (Å²) in [4.78, 5) is 25.6. The zero-order chi connectivity index (χ0) is 14.9. The normalized spacial score (nSPS) is 20.3. The van der Waals surface area contributed by atoms with Gasteiger partial charge in [0.25, 0.3) is 5.91 Å². The molecule has 5 nitrogen and oxygen atoms in total. The molecule has 0 saturated carbocycles. The van der Waals surface area contributed by atoms with Crippen LogP contribution in [0, 0.1) is 0 Å². The van der Waals surface area contributed by atoms with Crippen molar-refractivity contribution in [1.29, 1.82) is 0 Å². The molecule has 1 aliphatic heterocycles. The van der Waals surface area contributed by atoms with Crippen LogP contribution in [-0.4, -0.2) is 33.6 Å². The molecule has 108 valence electrons. The summed E-state index contributed by atoms with van der Waals surface area (Å²) < 4.78 is 5.21. The molecule has 0 saturated heterocycles. The summed E-state index contributed by atoms with van der Waals surface area (Å²) in [7, 11) is 0. The average molecular weight is 295 g/mol. The number of thiophene rings is 1. The molecule has 0 spiro atoms. The SMILES string of the molecule is CC(C)(C)OC(=O)N1C(=O)C=C[C@H]1[C@@H](O)c1cccs1. The smallest absolute Gasteiger partial charge is 0.417 e. The minimum Gasteiger partial charge on any atom is -0.443 e. The fourth-order valence-corrected chi connectivity index (χ4v) is 2.64. The van der Waals surface area contributed by atoms with E-state index in [-0.39, 0.29) is 0 Å². The second kappa shape index (κ2) is 5.38. The van der Waals surface area contributed by atoms with Crippen LogP contribution in [0.25, 0.3) is 0 Å². The van der Waals surface area contributed by atoms with E-state index in [9.17, 15) is 14.7 Å². The first-order chi connectivity index (χ1) is 9.29. The van der Waals surface area contributed by atoms with Gasteiger partial charge in [0, 0.05) is 11.0 Å². The van der Waals surface area contributed by atoms with Gasteiger partial charge in [-0.1, -0.05) is 12.1 Å². The molecule has 20 heavy (non-hydrogen) atoms. The molecule has 0 bridgehead atoms. The largest absolute Gasteiger partial charge is 0.443 e. The molecule has 0 fully saturated rings. The second-order valence-electron chi connectivity index (χ2n) is 5.50. The minimum atomic E-state index is -0.940. The Labute approximate surface area is 121 Å².